The van der Waals surface area contributed by atoms with Crippen molar-refractivity contribution in [2.75, 3.05) is 12.4 Å². The van der Waals surface area contributed by atoms with Crippen LogP contribution in [0.2, 0.25) is 10.0 Å². The number of carbonyl (C=O) groups excluding carboxylic acids is 1. The summed E-state index contributed by atoms with van der Waals surface area (Å²) >= 11 is 12.2. The second kappa shape index (κ2) is 7.26. The minimum absolute atomic E-state index is 0.230. The summed E-state index contributed by atoms with van der Waals surface area (Å²) in [5, 5.41) is 6.19. The van der Waals surface area contributed by atoms with Gasteiger partial charge < -0.3 is 10.1 Å². The van der Waals surface area contributed by atoms with Crippen molar-refractivity contribution in [1.82, 2.24) is 0 Å². The first-order chi connectivity index (χ1) is 13.1. The molecule has 0 saturated heterocycles. The Kier molecular flexibility index (Phi) is 4.81. The molecule has 3 aromatic carbocycles. The molecule has 3 aromatic rings. The van der Waals surface area contributed by atoms with E-state index >= 15 is 0 Å². The van der Waals surface area contributed by atoms with Gasteiger partial charge in [0.25, 0.3) is 0 Å². The first-order valence-electron chi connectivity index (χ1n) is 8.62. The molecule has 27 heavy (non-hydrogen) atoms. The van der Waals surface area contributed by atoms with E-state index in [1.807, 2.05) is 18.2 Å². The number of amides is 1. The highest BCUT2D eigenvalue weighted by Crippen LogP contribution is 2.35. The van der Waals surface area contributed by atoms with E-state index in [0.29, 0.717) is 21.4 Å². The number of methoxy groups -OCH3 is 1. The molecule has 3 nitrogen and oxygen atoms in total. The predicted molar refractivity (Wildman–Crippen MR) is 112 cm³/mol. The summed E-state index contributed by atoms with van der Waals surface area (Å²) in [4.78, 5) is 12.5. The molecule has 0 fully saturated rings. The zero-order valence-electron chi connectivity index (χ0n) is 14.7. The third-order valence-corrected chi connectivity index (χ3v) is 5.29. The molecule has 1 aliphatic carbocycles. The summed E-state index contributed by atoms with van der Waals surface area (Å²) < 4.78 is 5.30. The molecule has 4 rings (SSSR count). The Balaban J connectivity index is 1.61. The fourth-order valence-electron chi connectivity index (χ4n) is 3.62. The van der Waals surface area contributed by atoms with Gasteiger partial charge in [0.05, 0.1) is 12.1 Å². The quantitative estimate of drug-likeness (QED) is 0.556. The average molecular weight is 398 g/mol. The lowest BCUT2D eigenvalue weighted by atomic mass is 10.0. The van der Waals surface area contributed by atoms with Crippen LogP contribution < -0.4 is 10.1 Å². The Hall–Kier alpha value is -2.49. The van der Waals surface area contributed by atoms with Gasteiger partial charge in [-0.3, -0.25) is 4.79 Å². The van der Waals surface area contributed by atoms with Crippen LogP contribution in [0.15, 0.2) is 48.5 Å². The molecule has 0 spiro atoms. The average Bonchev–Trinajstić information content (AvgIpc) is 3.07. The summed E-state index contributed by atoms with van der Waals surface area (Å²) in [6.45, 7) is 0. The minimum atomic E-state index is -0.230. The van der Waals surface area contributed by atoms with E-state index in [1.165, 1.54) is 29.7 Å². The highest BCUT2D eigenvalue weighted by atomic mass is 35.5. The molecule has 0 heterocycles. The summed E-state index contributed by atoms with van der Waals surface area (Å²) in [5.41, 5.74) is 4.13. The summed E-state index contributed by atoms with van der Waals surface area (Å²) in [5.74, 6) is 0.252. The van der Waals surface area contributed by atoms with E-state index in [9.17, 15) is 4.79 Å². The third kappa shape index (κ3) is 3.41. The third-order valence-electron chi connectivity index (χ3n) is 4.79. The number of hydrogen-bond acceptors (Lipinski definition) is 2. The molecule has 0 saturated carbocycles. The number of anilines is 1. The number of benzene rings is 3. The topological polar surface area (TPSA) is 38.3 Å². The van der Waals surface area contributed by atoms with Gasteiger partial charge in [0.15, 0.2) is 0 Å². The Morgan fingerprint density at radius 1 is 1.11 bits per heavy atom. The van der Waals surface area contributed by atoms with Crippen molar-refractivity contribution in [3.8, 4) is 5.75 Å². The van der Waals surface area contributed by atoms with Crippen molar-refractivity contribution in [3.63, 3.8) is 0 Å². The highest BCUT2D eigenvalue weighted by molar-refractivity contribution is 6.36. The Morgan fingerprint density at radius 3 is 2.67 bits per heavy atom. The number of ether oxygens (including phenoxy) is 1. The zero-order chi connectivity index (χ0) is 19.0. The predicted octanol–water partition coefficient (Wildman–Crippen LogP) is 5.91. The van der Waals surface area contributed by atoms with Crippen molar-refractivity contribution in [2.24, 2.45) is 0 Å². The molecular formula is C22H17Cl2NO2. The van der Waals surface area contributed by atoms with Crippen molar-refractivity contribution >= 4 is 51.6 Å². The van der Waals surface area contributed by atoms with Crippen LogP contribution in [-0.2, 0) is 17.6 Å². The Morgan fingerprint density at radius 2 is 1.89 bits per heavy atom. The largest absolute Gasteiger partial charge is 0.495 e. The Labute approximate surface area is 167 Å². The summed E-state index contributed by atoms with van der Waals surface area (Å²) in [7, 11) is 1.53. The van der Waals surface area contributed by atoms with E-state index in [-0.39, 0.29) is 5.91 Å². The number of nitrogens with one attached hydrogen (secondary N) is 1. The fraction of sp³-hybridized carbons (Fsp3) is 0.136. The number of aryl methyl sites for hydroxylation is 2. The number of carbonyl (C=O) groups is 1. The van der Waals surface area contributed by atoms with Crippen LogP contribution in [0.1, 0.15) is 16.7 Å². The van der Waals surface area contributed by atoms with E-state index in [0.717, 1.165) is 23.9 Å². The lowest BCUT2D eigenvalue weighted by Gasteiger charge is -2.10. The molecule has 1 N–H and O–H groups in total. The number of halogens is 2. The second-order valence-electron chi connectivity index (χ2n) is 6.44. The van der Waals surface area contributed by atoms with Gasteiger partial charge in [-0.1, -0.05) is 47.5 Å². The molecule has 1 amide bonds. The van der Waals surface area contributed by atoms with Gasteiger partial charge >= 0.3 is 0 Å². The maximum absolute atomic E-state index is 12.5. The van der Waals surface area contributed by atoms with Gasteiger partial charge in [0.2, 0.25) is 5.91 Å². The maximum Gasteiger partial charge on any atom is 0.248 e. The van der Waals surface area contributed by atoms with Gasteiger partial charge in [-0.05, 0) is 53.6 Å². The molecule has 5 heteroatoms. The molecular weight excluding hydrogens is 381 g/mol. The monoisotopic (exact) mass is 397 g/mol. The van der Waals surface area contributed by atoms with Gasteiger partial charge in [-0.15, -0.1) is 0 Å². The van der Waals surface area contributed by atoms with Crippen LogP contribution in [0.3, 0.4) is 0 Å². The summed E-state index contributed by atoms with van der Waals surface area (Å²) in [6, 6.07) is 13.6. The molecule has 0 unspecified atom stereocenters. The summed E-state index contributed by atoms with van der Waals surface area (Å²) in [6.07, 6.45) is 5.21. The lowest BCUT2D eigenvalue weighted by molar-refractivity contribution is -0.111. The molecule has 0 bridgehead atoms. The van der Waals surface area contributed by atoms with E-state index < -0.39 is 0 Å². The minimum Gasteiger partial charge on any atom is -0.495 e. The number of rotatable bonds is 4. The zero-order valence-corrected chi connectivity index (χ0v) is 16.2. The molecule has 136 valence electrons. The van der Waals surface area contributed by atoms with Crippen molar-refractivity contribution < 1.29 is 9.53 Å². The van der Waals surface area contributed by atoms with E-state index in [2.05, 4.69) is 17.4 Å². The molecule has 0 radical (unpaired) electrons. The number of hydrogen-bond donors (Lipinski definition) is 1. The normalized spacial score (nSPS) is 12.7. The Bertz CT molecular complexity index is 1080. The van der Waals surface area contributed by atoms with Crippen molar-refractivity contribution in [2.45, 2.75) is 12.8 Å². The van der Waals surface area contributed by atoms with Crippen LogP contribution in [0, 0.1) is 0 Å². The fourth-order valence-corrected chi connectivity index (χ4v) is 4.20. The first kappa shape index (κ1) is 17.9. The molecule has 0 aliphatic heterocycles. The smallest absolute Gasteiger partial charge is 0.248 e. The van der Waals surface area contributed by atoms with Gasteiger partial charge in [0.1, 0.15) is 5.75 Å². The van der Waals surface area contributed by atoms with Crippen molar-refractivity contribution in [3.05, 3.63) is 75.3 Å². The van der Waals surface area contributed by atoms with Gasteiger partial charge in [-0.25, -0.2) is 0 Å². The SMILES string of the molecule is COc1c(Cl)cc(Cl)cc1C=CC(=O)Nc1ccc2c3c(cccc13)CC2. The second-order valence-corrected chi connectivity index (χ2v) is 7.29. The van der Waals surface area contributed by atoms with Crippen LogP contribution in [0.5, 0.6) is 5.75 Å². The van der Waals surface area contributed by atoms with Crippen LogP contribution in [0.25, 0.3) is 16.8 Å². The van der Waals surface area contributed by atoms with Crippen LogP contribution in [-0.4, -0.2) is 13.0 Å². The van der Waals surface area contributed by atoms with E-state index in [4.69, 9.17) is 27.9 Å². The highest BCUT2D eigenvalue weighted by Gasteiger charge is 2.16. The van der Waals surface area contributed by atoms with Crippen molar-refractivity contribution in [1.29, 1.82) is 0 Å². The van der Waals surface area contributed by atoms with Gasteiger partial charge in [-0.2, -0.15) is 0 Å². The van der Waals surface area contributed by atoms with E-state index in [1.54, 1.807) is 18.2 Å². The maximum atomic E-state index is 12.5. The van der Waals surface area contributed by atoms with Gasteiger partial charge in [0, 0.05) is 27.7 Å². The standard InChI is InChI=1S/C22H17Cl2NO2/c1-27-22-15(11-16(23)12-18(22)24)8-10-20(26)25-19-9-7-14-6-5-13-3-2-4-17(19)21(13)14/h2-4,7-12H,5-6H2,1H3,(H,25,26). The lowest BCUT2D eigenvalue weighted by Crippen LogP contribution is -2.08. The molecule has 0 aromatic heterocycles. The molecule has 1 aliphatic rings. The van der Waals surface area contributed by atoms with Crippen LogP contribution in [0.4, 0.5) is 5.69 Å². The molecule has 0 atom stereocenters. The first-order valence-corrected chi connectivity index (χ1v) is 9.38. The van der Waals surface area contributed by atoms with Crippen LogP contribution >= 0.6 is 23.2 Å².